The molecular weight excluding hydrogens is 212 g/mol. The minimum atomic E-state index is -0.823. The zero-order valence-electron chi connectivity index (χ0n) is 8.16. The number of halogens is 1. The van der Waals surface area contributed by atoms with E-state index in [1.807, 2.05) is 12.1 Å². The van der Waals surface area contributed by atoms with Gasteiger partial charge in [0, 0.05) is 17.9 Å². The van der Waals surface area contributed by atoms with Crippen LogP contribution in [0.4, 0.5) is 0 Å². The second kappa shape index (κ2) is 6.10. The number of carboxylic acid groups (broad SMARTS) is 1. The molecule has 0 amide bonds. The van der Waals surface area contributed by atoms with Gasteiger partial charge in [-0.3, -0.25) is 4.79 Å². The lowest BCUT2D eigenvalue weighted by molar-refractivity contribution is -0.136. The van der Waals surface area contributed by atoms with E-state index in [1.54, 1.807) is 12.1 Å². The smallest absolute Gasteiger partial charge is 0.307 e. The summed E-state index contributed by atoms with van der Waals surface area (Å²) < 4.78 is 0. The van der Waals surface area contributed by atoms with E-state index >= 15 is 0 Å². The summed E-state index contributed by atoms with van der Waals surface area (Å²) in [7, 11) is 0. The number of benzene rings is 1. The molecule has 0 heterocycles. The molecule has 0 aliphatic rings. The molecule has 0 saturated heterocycles. The molecule has 0 unspecified atom stereocenters. The van der Waals surface area contributed by atoms with Gasteiger partial charge in [0.25, 0.3) is 0 Å². The molecule has 0 aromatic heterocycles. The fourth-order valence-corrected chi connectivity index (χ4v) is 1.19. The Labute approximate surface area is 93.9 Å². The van der Waals surface area contributed by atoms with Crippen LogP contribution in [0.5, 0.6) is 0 Å². The van der Waals surface area contributed by atoms with Crippen LogP contribution in [0.2, 0.25) is 0 Å². The monoisotopic (exact) mass is 222 g/mol. The summed E-state index contributed by atoms with van der Waals surface area (Å²) >= 11 is 5.48. The Morgan fingerprint density at radius 2 is 2.00 bits per heavy atom. The maximum Gasteiger partial charge on any atom is 0.307 e. The number of rotatable bonds is 3. The van der Waals surface area contributed by atoms with Gasteiger partial charge in [0.1, 0.15) is 0 Å². The van der Waals surface area contributed by atoms with Gasteiger partial charge >= 0.3 is 5.97 Å². The van der Waals surface area contributed by atoms with Crippen LogP contribution < -0.4 is 0 Å². The standard InChI is InChI=1S/C12H11ClO2/c13-8-2-1-3-10-4-6-11(7-5-10)9-12(14)15/h4-7H,2,8-9H2,(H,14,15). The summed E-state index contributed by atoms with van der Waals surface area (Å²) in [6.07, 6.45) is 0.716. The number of alkyl halides is 1. The molecule has 0 bridgehead atoms. The van der Waals surface area contributed by atoms with Crippen molar-refractivity contribution < 1.29 is 9.90 Å². The maximum atomic E-state index is 10.4. The lowest BCUT2D eigenvalue weighted by Crippen LogP contribution is -1.99. The Balaban J connectivity index is 2.65. The molecule has 78 valence electrons. The van der Waals surface area contributed by atoms with Crippen molar-refractivity contribution in [2.24, 2.45) is 0 Å². The fraction of sp³-hybridized carbons (Fsp3) is 0.250. The first-order valence-electron chi connectivity index (χ1n) is 4.58. The fourth-order valence-electron chi connectivity index (χ4n) is 1.09. The second-order valence-corrected chi connectivity index (χ2v) is 3.39. The van der Waals surface area contributed by atoms with Crippen LogP contribution in [0, 0.1) is 11.8 Å². The molecule has 3 heteroatoms. The summed E-state index contributed by atoms with van der Waals surface area (Å²) in [4.78, 5) is 10.4. The molecule has 0 aliphatic heterocycles. The maximum absolute atomic E-state index is 10.4. The highest BCUT2D eigenvalue weighted by Gasteiger charge is 1.98. The summed E-state index contributed by atoms with van der Waals surface area (Å²) in [5.74, 6) is 5.57. The SMILES string of the molecule is O=C(O)Cc1ccc(C#CCCCl)cc1. The van der Waals surface area contributed by atoms with Crippen molar-refractivity contribution in [2.75, 3.05) is 5.88 Å². The first-order valence-corrected chi connectivity index (χ1v) is 5.11. The summed E-state index contributed by atoms with van der Waals surface area (Å²) in [6.45, 7) is 0. The van der Waals surface area contributed by atoms with Crippen LogP contribution in [0.25, 0.3) is 0 Å². The van der Waals surface area contributed by atoms with Crippen LogP contribution in [0.3, 0.4) is 0 Å². The molecule has 0 atom stereocenters. The molecule has 1 aromatic rings. The Hall–Kier alpha value is -1.46. The topological polar surface area (TPSA) is 37.3 Å². The number of carbonyl (C=O) groups is 1. The normalized spacial score (nSPS) is 9.13. The zero-order chi connectivity index (χ0) is 11.1. The first-order chi connectivity index (χ1) is 7.22. The van der Waals surface area contributed by atoms with Gasteiger partial charge in [-0.15, -0.1) is 11.6 Å². The van der Waals surface area contributed by atoms with E-state index in [9.17, 15) is 4.79 Å². The average Bonchev–Trinajstić information content (AvgIpc) is 2.20. The average molecular weight is 223 g/mol. The third-order valence-corrected chi connectivity index (χ3v) is 1.95. The molecule has 0 saturated carbocycles. The first kappa shape index (κ1) is 11.6. The molecule has 1 aromatic carbocycles. The molecule has 15 heavy (non-hydrogen) atoms. The van der Waals surface area contributed by atoms with Gasteiger partial charge in [-0.2, -0.15) is 0 Å². The molecule has 2 nitrogen and oxygen atoms in total. The summed E-state index contributed by atoms with van der Waals surface area (Å²) in [6, 6.07) is 7.19. The largest absolute Gasteiger partial charge is 0.481 e. The van der Waals surface area contributed by atoms with E-state index in [1.165, 1.54) is 0 Å². The van der Waals surface area contributed by atoms with Gasteiger partial charge in [0.05, 0.1) is 6.42 Å². The number of hydrogen-bond acceptors (Lipinski definition) is 1. The van der Waals surface area contributed by atoms with E-state index in [4.69, 9.17) is 16.7 Å². The van der Waals surface area contributed by atoms with Crippen molar-refractivity contribution >= 4 is 17.6 Å². The van der Waals surface area contributed by atoms with Gasteiger partial charge in [0.2, 0.25) is 0 Å². The molecule has 1 rings (SSSR count). The molecule has 0 aliphatic carbocycles. The lowest BCUT2D eigenvalue weighted by atomic mass is 10.1. The minimum Gasteiger partial charge on any atom is -0.481 e. The summed E-state index contributed by atoms with van der Waals surface area (Å²) in [5.41, 5.74) is 1.67. The Kier molecular flexibility index (Phi) is 4.73. The molecule has 1 N–H and O–H groups in total. The van der Waals surface area contributed by atoms with Gasteiger partial charge in [-0.1, -0.05) is 24.0 Å². The number of carboxylic acids is 1. The van der Waals surface area contributed by atoms with Crippen molar-refractivity contribution in [3.05, 3.63) is 35.4 Å². The highest BCUT2D eigenvalue weighted by atomic mass is 35.5. The van der Waals surface area contributed by atoms with E-state index < -0.39 is 5.97 Å². The minimum absolute atomic E-state index is 0.0510. The third kappa shape index (κ3) is 4.53. The van der Waals surface area contributed by atoms with E-state index in [2.05, 4.69) is 11.8 Å². The van der Waals surface area contributed by atoms with Crippen LogP contribution >= 0.6 is 11.6 Å². The predicted octanol–water partition coefficient (Wildman–Crippen LogP) is 2.29. The number of aliphatic carboxylic acids is 1. The molecule has 0 fully saturated rings. The third-order valence-electron chi connectivity index (χ3n) is 1.76. The van der Waals surface area contributed by atoms with E-state index in [0.29, 0.717) is 12.3 Å². The van der Waals surface area contributed by atoms with Gasteiger partial charge in [-0.25, -0.2) is 0 Å². The Morgan fingerprint density at radius 1 is 1.33 bits per heavy atom. The Morgan fingerprint density at radius 3 is 2.53 bits per heavy atom. The Bertz CT molecular complexity index is 384. The van der Waals surface area contributed by atoms with Crippen LogP contribution in [0.1, 0.15) is 17.5 Å². The van der Waals surface area contributed by atoms with Crippen molar-refractivity contribution in [3.63, 3.8) is 0 Å². The summed E-state index contributed by atoms with van der Waals surface area (Å²) in [5, 5.41) is 8.57. The van der Waals surface area contributed by atoms with Crippen LogP contribution in [-0.4, -0.2) is 17.0 Å². The van der Waals surface area contributed by atoms with E-state index in [-0.39, 0.29) is 6.42 Å². The highest BCUT2D eigenvalue weighted by Crippen LogP contribution is 2.04. The van der Waals surface area contributed by atoms with Crippen LogP contribution in [0.15, 0.2) is 24.3 Å². The molecule has 0 radical (unpaired) electrons. The van der Waals surface area contributed by atoms with Crippen molar-refractivity contribution in [3.8, 4) is 11.8 Å². The van der Waals surface area contributed by atoms with Gasteiger partial charge in [0.15, 0.2) is 0 Å². The van der Waals surface area contributed by atoms with Gasteiger partial charge < -0.3 is 5.11 Å². The van der Waals surface area contributed by atoms with Crippen molar-refractivity contribution in [2.45, 2.75) is 12.8 Å². The van der Waals surface area contributed by atoms with Gasteiger partial charge in [-0.05, 0) is 17.7 Å². The van der Waals surface area contributed by atoms with Crippen molar-refractivity contribution in [1.29, 1.82) is 0 Å². The van der Waals surface area contributed by atoms with E-state index in [0.717, 1.165) is 11.1 Å². The van der Waals surface area contributed by atoms with Crippen molar-refractivity contribution in [1.82, 2.24) is 0 Å². The lowest BCUT2D eigenvalue weighted by Gasteiger charge is -1.96. The molecular formula is C12H11ClO2. The highest BCUT2D eigenvalue weighted by molar-refractivity contribution is 6.18. The zero-order valence-corrected chi connectivity index (χ0v) is 8.92. The predicted molar refractivity (Wildman–Crippen MR) is 60.0 cm³/mol. The van der Waals surface area contributed by atoms with Crippen LogP contribution in [-0.2, 0) is 11.2 Å². The second-order valence-electron chi connectivity index (χ2n) is 3.01. The quantitative estimate of drug-likeness (QED) is 0.630. The molecule has 0 spiro atoms. The number of hydrogen-bond donors (Lipinski definition) is 1.